The molecule has 2 aromatic rings. The van der Waals surface area contributed by atoms with Crippen molar-refractivity contribution >= 4 is 27.0 Å². The molecule has 1 saturated heterocycles. The number of aryl methyl sites for hydroxylation is 1. The Morgan fingerprint density at radius 3 is 2.31 bits per heavy atom. The third kappa shape index (κ3) is 4.46. The zero-order valence-electron chi connectivity index (χ0n) is 15.6. The van der Waals surface area contributed by atoms with E-state index in [4.69, 9.17) is 0 Å². The first-order chi connectivity index (χ1) is 12.4. The molecule has 2 heterocycles. The molecule has 1 aromatic heterocycles. The normalized spacial score (nSPS) is 16.7. The van der Waals surface area contributed by atoms with E-state index in [1.807, 2.05) is 27.1 Å². The predicted octanol–water partition coefficient (Wildman–Crippen LogP) is 3.24. The van der Waals surface area contributed by atoms with Crippen LogP contribution in [0.2, 0.25) is 0 Å². The quantitative estimate of drug-likeness (QED) is 0.785. The van der Waals surface area contributed by atoms with E-state index in [-0.39, 0.29) is 6.04 Å². The van der Waals surface area contributed by atoms with Gasteiger partial charge in [-0.25, -0.2) is 13.1 Å². The number of anilines is 1. The van der Waals surface area contributed by atoms with Crippen molar-refractivity contribution in [3.05, 3.63) is 46.8 Å². The first kappa shape index (κ1) is 19.4. The Morgan fingerprint density at radius 1 is 1.12 bits per heavy atom. The van der Waals surface area contributed by atoms with Gasteiger partial charge in [0.05, 0.1) is 0 Å². The van der Waals surface area contributed by atoms with Crippen molar-refractivity contribution in [3.63, 3.8) is 0 Å². The lowest BCUT2D eigenvalue weighted by Gasteiger charge is -2.28. The van der Waals surface area contributed by atoms with Crippen LogP contribution in [0.1, 0.15) is 29.3 Å². The van der Waals surface area contributed by atoms with Gasteiger partial charge in [-0.2, -0.15) is 0 Å². The number of nitrogens with one attached hydrogen (secondary N) is 1. The fraction of sp³-hybridized carbons (Fsp3) is 0.474. The minimum atomic E-state index is -3.46. The molecule has 142 valence electrons. The van der Waals surface area contributed by atoms with Crippen LogP contribution < -0.4 is 9.62 Å². The molecule has 0 aliphatic carbocycles. The van der Waals surface area contributed by atoms with E-state index in [0.29, 0.717) is 10.8 Å². The number of thiophene rings is 1. The van der Waals surface area contributed by atoms with E-state index >= 15 is 0 Å². The molecule has 7 heteroatoms. The number of sulfonamides is 1. The minimum Gasteiger partial charge on any atom is -0.378 e. The van der Waals surface area contributed by atoms with Gasteiger partial charge < -0.3 is 4.90 Å². The molecule has 5 nitrogen and oxygen atoms in total. The highest BCUT2D eigenvalue weighted by Gasteiger charge is 2.26. The maximum atomic E-state index is 12.6. The Hall–Kier alpha value is -1.41. The molecule has 1 aliphatic rings. The molecular weight excluding hydrogens is 366 g/mol. The number of likely N-dealkylation sites (tertiary alicyclic amines) is 1. The molecule has 1 atom stereocenters. The van der Waals surface area contributed by atoms with E-state index in [1.54, 1.807) is 6.07 Å². The average Bonchev–Trinajstić information content (AvgIpc) is 3.27. The second kappa shape index (κ2) is 8.08. The minimum absolute atomic E-state index is 0.0598. The molecule has 0 amide bonds. The van der Waals surface area contributed by atoms with Crippen LogP contribution in [-0.4, -0.2) is 47.0 Å². The van der Waals surface area contributed by atoms with Crippen LogP contribution in [0.15, 0.2) is 40.6 Å². The molecule has 0 radical (unpaired) electrons. The number of nitrogens with zero attached hydrogens (tertiary/aromatic N) is 2. The first-order valence-corrected chi connectivity index (χ1v) is 11.2. The lowest BCUT2D eigenvalue weighted by atomic mass is 10.1. The van der Waals surface area contributed by atoms with Gasteiger partial charge in [0.1, 0.15) is 4.21 Å². The number of rotatable bonds is 7. The molecule has 26 heavy (non-hydrogen) atoms. The highest BCUT2D eigenvalue weighted by Crippen LogP contribution is 2.27. The van der Waals surface area contributed by atoms with E-state index < -0.39 is 10.0 Å². The van der Waals surface area contributed by atoms with Gasteiger partial charge in [0.15, 0.2) is 0 Å². The highest BCUT2D eigenvalue weighted by atomic mass is 32.2. The van der Waals surface area contributed by atoms with Gasteiger partial charge in [0.2, 0.25) is 10.0 Å². The average molecular weight is 394 g/mol. The van der Waals surface area contributed by atoms with Crippen molar-refractivity contribution in [2.75, 3.05) is 38.6 Å². The zero-order valence-corrected chi connectivity index (χ0v) is 17.2. The molecule has 1 aliphatic heterocycles. The Bertz CT molecular complexity index is 823. The molecule has 0 bridgehead atoms. The number of hydrogen-bond acceptors (Lipinski definition) is 5. The third-order valence-corrected chi connectivity index (χ3v) is 7.74. The summed E-state index contributed by atoms with van der Waals surface area (Å²) < 4.78 is 28.4. The van der Waals surface area contributed by atoms with Crippen molar-refractivity contribution in [1.82, 2.24) is 9.62 Å². The smallest absolute Gasteiger partial charge is 0.250 e. The highest BCUT2D eigenvalue weighted by molar-refractivity contribution is 7.91. The van der Waals surface area contributed by atoms with Gasteiger partial charge in [-0.3, -0.25) is 4.90 Å². The third-order valence-electron chi connectivity index (χ3n) is 4.82. The predicted molar refractivity (Wildman–Crippen MR) is 109 cm³/mol. The fourth-order valence-electron chi connectivity index (χ4n) is 3.32. The fourth-order valence-corrected chi connectivity index (χ4v) is 5.69. The van der Waals surface area contributed by atoms with Crippen LogP contribution in [0.4, 0.5) is 5.69 Å². The van der Waals surface area contributed by atoms with Crippen molar-refractivity contribution in [1.29, 1.82) is 0 Å². The van der Waals surface area contributed by atoms with Crippen LogP contribution in [-0.2, 0) is 10.0 Å². The molecule has 3 rings (SSSR count). The standard InChI is InChI=1S/C19H27N3O2S2/c1-15-6-11-19(25-15)26(23,24)20-14-18(22-12-4-5-13-22)16-7-9-17(10-8-16)21(2)3/h6-11,18,20H,4-5,12-14H2,1-3H3/t18-/m1/s1. The second-order valence-electron chi connectivity index (χ2n) is 6.96. The SMILES string of the molecule is Cc1ccc(S(=O)(=O)NC[C@H](c2ccc(N(C)C)cc2)N2CCCC2)s1. The number of hydrogen-bond donors (Lipinski definition) is 1. The van der Waals surface area contributed by atoms with E-state index in [0.717, 1.165) is 29.2 Å². The van der Waals surface area contributed by atoms with Gasteiger partial charge in [0, 0.05) is 37.2 Å². The maximum Gasteiger partial charge on any atom is 0.250 e. The summed E-state index contributed by atoms with van der Waals surface area (Å²) in [4.78, 5) is 5.45. The Morgan fingerprint density at radius 2 is 1.77 bits per heavy atom. The molecule has 0 unspecified atom stereocenters. The second-order valence-corrected chi connectivity index (χ2v) is 10.2. The molecule has 0 saturated carbocycles. The van der Waals surface area contributed by atoms with Crippen molar-refractivity contribution in [2.45, 2.75) is 30.0 Å². The summed E-state index contributed by atoms with van der Waals surface area (Å²) >= 11 is 1.31. The van der Waals surface area contributed by atoms with Crippen molar-refractivity contribution in [3.8, 4) is 0 Å². The monoisotopic (exact) mass is 393 g/mol. The van der Waals surface area contributed by atoms with Gasteiger partial charge >= 0.3 is 0 Å². The zero-order chi connectivity index (χ0) is 18.7. The molecule has 1 fully saturated rings. The van der Waals surface area contributed by atoms with Crippen molar-refractivity contribution in [2.24, 2.45) is 0 Å². The van der Waals surface area contributed by atoms with Gasteiger partial charge in [-0.15, -0.1) is 11.3 Å². The molecule has 0 spiro atoms. The van der Waals surface area contributed by atoms with Crippen LogP contribution in [0.5, 0.6) is 0 Å². The first-order valence-electron chi connectivity index (χ1n) is 8.94. The summed E-state index contributed by atoms with van der Waals surface area (Å²) in [7, 11) is 0.576. The van der Waals surface area contributed by atoms with Crippen LogP contribution in [0, 0.1) is 6.92 Å². The summed E-state index contributed by atoms with van der Waals surface area (Å²) in [5.41, 5.74) is 2.30. The molecule has 1 N–H and O–H groups in total. The van der Waals surface area contributed by atoms with Gasteiger partial charge in [-0.05, 0) is 62.7 Å². The Kier molecular flexibility index (Phi) is 6.02. The van der Waals surface area contributed by atoms with Crippen molar-refractivity contribution < 1.29 is 8.42 Å². The lowest BCUT2D eigenvalue weighted by Crippen LogP contribution is -2.36. The van der Waals surface area contributed by atoms with Gasteiger partial charge in [0.25, 0.3) is 0 Å². The van der Waals surface area contributed by atoms with Gasteiger partial charge in [-0.1, -0.05) is 12.1 Å². The molecule has 1 aromatic carbocycles. The largest absolute Gasteiger partial charge is 0.378 e. The van der Waals surface area contributed by atoms with E-state index in [2.05, 4.69) is 38.8 Å². The topological polar surface area (TPSA) is 52.7 Å². The lowest BCUT2D eigenvalue weighted by molar-refractivity contribution is 0.246. The summed E-state index contributed by atoms with van der Waals surface area (Å²) in [6.45, 7) is 4.34. The maximum absolute atomic E-state index is 12.6. The van der Waals surface area contributed by atoms with E-state index in [9.17, 15) is 8.42 Å². The van der Waals surface area contributed by atoms with Crippen LogP contribution in [0.3, 0.4) is 0 Å². The summed E-state index contributed by atoms with van der Waals surface area (Å²) in [6.07, 6.45) is 2.34. The number of benzene rings is 1. The summed E-state index contributed by atoms with van der Waals surface area (Å²) in [5.74, 6) is 0. The summed E-state index contributed by atoms with van der Waals surface area (Å²) in [6, 6.07) is 12.0. The van der Waals surface area contributed by atoms with E-state index in [1.165, 1.54) is 24.2 Å². The molecular formula is C19H27N3O2S2. The Balaban J connectivity index is 1.78. The van der Waals surface area contributed by atoms with Crippen LogP contribution >= 0.6 is 11.3 Å². The Labute approximate surface area is 160 Å². The summed E-state index contributed by atoms with van der Waals surface area (Å²) in [5, 5.41) is 0. The van der Waals surface area contributed by atoms with Crippen LogP contribution in [0.25, 0.3) is 0 Å².